The zero-order valence-electron chi connectivity index (χ0n) is 12.7. The number of benzene rings is 2. The van der Waals surface area contributed by atoms with E-state index in [1.165, 1.54) is 0 Å². The molecule has 0 spiro atoms. The highest BCUT2D eigenvalue weighted by molar-refractivity contribution is 5.22. The molecule has 1 aliphatic rings. The Balaban J connectivity index is 1.76. The van der Waals surface area contributed by atoms with Crippen LogP contribution in [0.1, 0.15) is 12.5 Å². The van der Waals surface area contributed by atoms with Crippen molar-refractivity contribution in [3.8, 4) is 5.75 Å². The summed E-state index contributed by atoms with van der Waals surface area (Å²) < 4.78 is 18.0. The fourth-order valence-electron chi connectivity index (χ4n) is 2.60. The third-order valence-corrected chi connectivity index (χ3v) is 3.59. The maximum atomic E-state index is 6.16. The van der Waals surface area contributed by atoms with Gasteiger partial charge in [0.05, 0.1) is 13.2 Å². The molecule has 4 heteroatoms. The molecular formula is C18H21NO3. The van der Waals surface area contributed by atoms with Gasteiger partial charge in [0.2, 0.25) is 5.79 Å². The van der Waals surface area contributed by atoms with E-state index in [4.69, 9.17) is 14.2 Å². The van der Waals surface area contributed by atoms with E-state index in [1.54, 1.807) is 0 Å². The molecule has 2 unspecified atom stereocenters. The molecule has 0 aliphatic carbocycles. The maximum Gasteiger partial charge on any atom is 0.211 e. The van der Waals surface area contributed by atoms with Gasteiger partial charge in [0, 0.05) is 12.1 Å². The van der Waals surface area contributed by atoms with Gasteiger partial charge >= 0.3 is 0 Å². The van der Waals surface area contributed by atoms with Gasteiger partial charge in [-0.25, -0.2) is 0 Å². The quantitative estimate of drug-likeness (QED) is 0.862. The molecule has 0 bridgehead atoms. The molecule has 116 valence electrons. The molecule has 2 atom stereocenters. The lowest BCUT2D eigenvalue weighted by molar-refractivity contribution is -0.303. The van der Waals surface area contributed by atoms with Crippen molar-refractivity contribution in [2.24, 2.45) is 0 Å². The van der Waals surface area contributed by atoms with Crippen LogP contribution in [0.2, 0.25) is 0 Å². The van der Waals surface area contributed by atoms with Crippen LogP contribution in [0, 0.1) is 0 Å². The fraction of sp³-hybridized carbons (Fsp3) is 0.333. The normalized spacial score (nSPS) is 23.0. The Morgan fingerprint density at radius 1 is 1.05 bits per heavy atom. The van der Waals surface area contributed by atoms with Crippen molar-refractivity contribution in [3.05, 3.63) is 66.2 Å². The van der Waals surface area contributed by atoms with E-state index in [-0.39, 0.29) is 0 Å². The molecule has 4 nitrogen and oxygen atoms in total. The van der Waals surface area contributed by atoms with Crippen molar-refractivity contribution < 1.29 is 14.2 Å². The van der Waals surface area contributed by atoms with Gasteiger partial charge < -0.3 is 19.5 Å². The van der Waals surface area contributed by atoms with E-state index < -0.39 is 12.1 Å². The van der Waals surface area contributed by atoms with Crippen LogP contribution in [0.25, 0.3) is 0 Å². The van der Waals surface area contributed by atoms with E-state index in [0.717, 1.165) is 17.9 Å². The Hall–Kier alpha value is -1.88. The first-order valence-corrected chi connectivity index (χ1v) is 7.58. The van der Waals surface area contributed by atoms with Crippen molar-refractivity contribution in [1.82, 2.24) is 5.32 Å². The monoisotopic (exact) mass is 299 g/mol. The highest BCUT2D eigenvalue weighted by Gasteiger charge is 2.38. The van der Waals surface area contributed by atoms with Crippen molar-refractivity contribution in [1.29, 1.82) is 0 Å². The summed E-state index contributed by atoms with van der Waals surface area (Å²) in [7, 11) is 0. The Morgan fingerprint density at radius 3 is 2.36 bits per heavy atom. The van der Waals surface area contributed by atoms with Crippen LogP contribution in [0.5, 0.6) is 5.75 Å². The summed E-state index contributed by atoms with van der Waals surface area (Å²) in [6, 6.07) is 19.6. The van der Waals surface area contributed by atoms with Crippen LogP contribution in [0.3, 0.4) is 0 Å². The Bertz CT molecular complexity index is 567. The van der Waals surface area contributed by atoms with Crippen LogP contribution in [-0.2, 0) is 15.3 Å². The summed E-state index contributed by atoms with van der Waals surface area (Å²) in [5.41, 5.74) is 0.991. The number of para-hydroxylation sites is 1. The molecular weight excluding hydrogens is 278 g/mol. The molecule has 0 radical (unpaired) electrons. The Morgan fingerprint density at radius 2 is 1.73 bits per heavy atom. The average Bonchev–Trinajstić information content (AvgIpc) is 2.57. The summed E-state index contributed by atoms with van der Waals surface area (Å²) in [4.78, 5) is 0. The number of hydrogen-bond acceptors (Lipinski definition) is 4. The number of ether oxygens (including phenoxy) is 3. The number of hydrogen-bond donors (Lipinski definition) is 1. The minimum atomic E-state index is -0.812. The summed E-state index contributed by atoms with van der Waals surface area (Å²) in [5, 5.41) is 3.34. The van der Waals surface area contributed by atoms with Gasteiger partial charge in [0.15, 0.2) is 6.29 Å². The van der Waals surface area contributed by atoms with E-state index in [1.807, 2.05) is 67.6 Å². The predicted octanol–water partition coefficient (Wildman–Crippen LogP) is 2.90. The number of morpholine rings is 1. The minimum Gasteiger partial charge on any atom is -0.465 e. The van der Waals surface area contributed by atoms with E-state index in [0.29, 0.717) is 13.2 Å². The minimum absolute atomic E-state index is 0.428. The second-order valence-corrected chi connectivity index (χ2v) is 5.26. The summed E-state index contributed by atoms with van der Waals surface area (Å²) in [6.07, 6.45) is -0.428. The Labute approximate surface area is 131 Å². The molecule has 3 rings (SSSR count). The highest BCUT2D eigenvalue weighted by Crippen LogP contribution is 2.30. The lowest BCUT2D eigenvalue weighted by Crippen LogP contribution is -2.51. The summed E-state index contributed by atoms with van der Waals surface area (Å²) >= 11 is 0. The van der Waals surface area contributed by atoms with Gasteiger partial charge in [-0.2, -0.15) is 0 Å². The molecule has 1 aliphatic heterocycles. The van der Waals surface area contributed by atoms with Gasteiger partial charge in [-0.05, 0) is 19.1 Å². The van der Waals surface area contributed by atoms with Crippen LogP contribution in [-0.4, -0.2) is 26.0 Å². The largest absolute Gasteiger partial charge is 0.465 e. The second-order valence-electron chi connectivity index (χ2n) is 5.26. The van der Waals surface area contributed by atoms with Crippen molar-refractivity contribution in [2.45, 2.75) is 19.0 Å². The average molecular weight is 299 g/mol. The van der Waals surface area contributed by atoms with Crippen molar-refractivity contribution in [2.75, 3.05) is 19.7 Å². The summed E-state index contributed by atoms with van der Waals surface area (Å²) in [6.45, 7) is 3.91. The fourth-order valence-corrected chi connectivity index (χ4v) is 2.60. The molecule has 1 N–H and O–H groups in total. The topological polar surface area (TPSA) is 39.7 Å². The van der Waals surface area contributed by atoms with Crippen LogP contribution < -0.4 is 10.1 Å². The lowest BCUT2D eigenvalue weighted by Gasteiger charge is -2.39. The molecule has 2 aromatic rings. The zero-order chi connectivity index (χ0) is 15.3. The van der Waals surface area contributed by atoms with Gasteiger partial charge in [0.25, 0.3) is 0 Å². The molecule has 22 heavy (non-hydrogen) atoms. The van der Waals surface area contributed by atoms with Crippen LogP contribution >= 0.6 is 0 Å². The first-order chi connectivity index (χ1) is 10.8. The highest BCUT2D eigenvalue weighted by atomic mass is 16.8. The van der Waals surface area contributed by atoms with Crippen LogP contribution in [0.15, 0.2) is 60.7 Å². The van der Waals surface area contributed by atoms with E-state index >= 15 is 0 Å². The van der Waals surface area contributed by atoms with Gasteiger partial charge in [-0.15, -0.1) is 0 Å². The smallest absolute Gasteiger partial charge is 0.211 e. The lowest BCUT2D eigenvalue weighted by atomic mass is 10.0. The summed E-state index contributed by atoms with van der Waals surface area (Å²) in [5.74, 6) is -0.0322. The van der Waals surface area contributed by atoms with Gasteiger partial charge in [-0.3, -0.25) is 0 Å². The maximum absolute atomic E-state index is 6.16. The third kappa shape index (κ3) is 3.47. The van der Waals surface area contributed by atoms with Crippen molar-refractivity contribution >= 4 is 0 Å². The number of rotatable bonds is 5. The SMILES string of the molecule is CC(Oc1ccccc1)OC1(c2ccccc2)CNCCO1. The van der Waals surface area contributed by atoms with Gasteiger partial charge in [-0.1, -0.05) is 48.5 Å². The predicted molar refractivity (Wildman–Crippen MR) is 84.6 cm³/mol. The molecule has 1 heterocycles. The molecule has 1 fully saturated rings. The molecule has 2 aromatic carbocycles. The number of nitrogens with one attached hydrogen (secondary N) is 1. The Kier molecular flexibility index (Phi) is 4.73. The van der Waals surface area contributed by atoms with E-state index in [2.05, 4.69) is 5.32 Å². The van der Waals surface area contributed by atoms with Gasteiger partial charge in [0.1, 0.15) is 5.75 Å². The molecule has 0 aromatic heterocycles. The van der Waals surface area contributed by atoms with Crippen LogP contribution in [0.4, 0.5) is 0 Å². The molecule has 0 saturated carbocycles. The first-order valence-electron chi connectivity index (χ1n) is 7.58. The second kappa shape index (κ2) is 6.92. The standard InChI is InChI=1S/C18H21NO3/c1-15(21-17-10-6-3-7-11-17)22-18(14-19-12-13-20-18)16-8-4-2-5-9-16/h2-11,15,19H,12-14H2,1H3. The third-order valence-electron chi connectivity index (χ3n) is 3.59. The van der Waals surface area contributed by atoms with E-state index in [9.17, 15) is 0 Å². The first kappa shape index (κ1) is 15.0. The molecule has 0 amide bonds. The zero-order valence-corrected chi connectivity index (χ0v) is 12.7. The molecule has 1 saturated heterocycles. The van der Waals surface area contributed by atoms with Crippen molar-refractivity contribution in [3.63, 3.8) is 0 Å².